The van der Waals surface area contributed by atoms with E-state index in [0.717, 1.165) is 35.4 Å². The van der Waals surface area contributed by atoms with Crippen LogP contribution in [0.15, 0.2) is 59.0 Å². The number of oxazole rings is 1. The van der Waals surface area contributed by atoms with Crippen LogP contribution in [0.4, 0.5) is 0 Å². The summed E-state index contributed by atoms with van der Waals surface area (Å²) in [5.74, 6) is 1.19. The van der Waals surface area contributed by atoms with Gasteiger partial charge in [-0.2, -0.15) is 0 Å². The molecule has 1 amide bonds. The minimum atomic E-state index is -3.02. The highest BCUT2D eigenvalue weighted by molar-refractivity contribution is 7.91. The lowest BCUT2D eigenvalue weighted by Crippen LogP contribution is -2.50. The van der Waals surface area contributed by atoms with Gasteiger partial charge in [0.2, 0.25) is 5.91 Å². The van der Waals surface area contributed by atoms with Crippen molar-refractivity contribution in [2.45, 2.75) is 24.8 Å². The maximum Gasteiger partial charge on any atom is 0.244 e. The lowest BCUT2D eigenvalue weighted by Gasteiger charge is -2.39. The molecular weight excluding hydrogens is 426 g/mol. The van der Waals surface area contributed by atoms with E-state index in [1.807, 2.05) is 64.4 Å². The molecule has 168 valence electrons. The van der Waals surface area contributed by atoms with Crippen molar-refractivity contribution in [1.29, 1.82) is 0 Å². The van der Waals surface area contributed by atoms with Crippen molar-refractivity contribution in [3.63, 3.8) is 0 Å². The van der Waals surface area contributed by atoms with E-state index in [1.54, 1.807) is 0 Å². The van der Waals surface area contributed by atoms with Crippen molar-refractivity contribution < 1.29 is 17.6 Å². The molecule has 2 aliphatic rings. The lowest BCUT2D eigenvalue weighted by molar-refractivity contribution is -0.138. The SMILES string of the molecule is O=C(C(c1ccccc1)N1CCS(=O)(=O)CC1)N1CCC(c2nc3ccccc3o2)CC1. The first-order valence-corrected chi connectivity index (χ1v) is 13.0. The number of sulfone groups is 1. The average molecular weight is 454 g/mol. The topological polar surface area (TPSA) is 83.7 Å². The smallest absolute Gasteiger partial charge is 0.244 e. The van der Waals surface area contributed by atoms with Gasteiger partial charge in [0, 0.05) is 32.1 Å². The van der Waals surface area contributed by atoms with E-state index in [1.165, 1.54) is 0 Å². The van der Waals surface area contributed by atoms with Gasteiger partial charge in [0.05, 0.1) is 11.5 Å². The third kappa shape index (κ3) is 4.29. The number of likely N-dealkylation sites (tertiary alicyclic amines) is 1. The number of benzene rings is 2. The molecule has 1 atom stereocenters. The summed E-state index contributed by atoms with van der Waals surface area (Å²) in [5, 5.41) is 0. The van der Waals surface area contributed by atoms with Crippen LogP contribution in [0, 0.1) is 0 Å². The average Bonchev–Trinajstić information content (AvgIpc) is 3.25. The molecule has 0 N–H and O–H groups in total. The molecule has 3 aromatic rings. The number of piperidine rings is 1. The number of amides is 1. The van der Waals surface area contributed by atoms with Crippen LogP contribution >= 0.6 is 0 Å². The van der Waals surface area contributed by atoms with Crippen molar-refractivity contribution >= 4 is 26.8 Å². The zero-order valence-electron chi connectivity index (χ0n) is 17.9. The predicted octanol–water partition coefficient (Wildman–Crippen LogP) is 3.01. The Morgan fingerprint density at radius 3 is 2.28 bits per heavy atom. The number of fused-ring (bicyclic) bond motifs is 1. The molecule has 1 aromatic heterocycles. The molecule has 2 saturated heterocycles. The van der Waals surface area contributed by atoms with Crippen LogP contribution in [-0.2, 0) is 14.6 Å². The number of nitrogens with zero attached hydrogens (tertiary/aromatic N) is 3. The molecule has 2 fully saturated rings. The van der Waals surface area contributed by atoms with Crippen molar-refractivity contribution in [3.8, 4) is 0 Å². The summed E-state index contributed by atoms with van der Waals surface area (Å²) in [6.07, 6.45) is 1.60. The number of hydrogen-bond acceptors (Lipinski definition) is 6. The van der Waals surface area contributed by atoms with Gasteiger partial charge in [-0.25, -0.2) is 13.4 Å². The van der Waals surface area contributed by atoms with Crippen LogP contribution in [-0.4, -0.2) is 66.8 Å². The Hall–Kier alpha value is -2.71. The molecule has 0 bridgehead atoms. The monoisotopic (exact) mass is 453 g/mol. The molecule has 0 aliphatic carbocycles. The van der Waals surface area contributed by atoms with Crippen LogP contribution in [0.2, 0.25) is 0 Å². The van der Waals surface area contributed by atoms with E-state index < -0.39 is 15.9 Å². The normalized spacial score (nSPS) is 20.9. The molecule has 2 aliphatic heterocycles. The van der Waals surface area contributed by atoms with E-state index in [-0.39, 0.29) is 23.3 Å². The second kappa shape index (κ2) is 8.67. The van der Waals surface area contributed by atoms with Gasteiger partial charge in [-0.3, -0.25) is 9.69 Å². The Kier molecular flexibility index (Phi) is 5.73. The first-order valence-electron chi connectivity index (χ1n) is 11.1. The van der Waals surface area contributed by atoms with Gasteiger partial charge in [0.1, 0.15) is 11.6 Å². The van der Waals surface area contributed by atoms with Crippen LogP contribution in [0.3, 0.4) is 0 Å². The number of hydrogen-bond donors (Lipinski definition) is 0. The van der Waals surface area contributed by atoms with E-state index in [9.17, 15) is 13.2 Å². The largest absolute Gasteiger partial charge is 0.440 e. The summed E-state index contributed by atoms with van der Waals surface area (Å²) in [6.45, 7) is 2.04. The molecule has 0 spiro atoms. The number of para-hydroxylation sites is 2. The number of rotatable bonds is 4. The van der Waals surface area contributed by atoms with Gasteiger partial charge >= 0.3 is 0 Å². The van der Waals surface area contributed by atoms with E-state index in [4.69, 9.17) is 4.42 Å². The summed E-state index contributed by atoms with van der Waals surface area (Å²) in [6, 6.07) is 17.0. The number of carbonyl (C=O) groups excluding carboxylic acids is 1. The second-order valence-electron chi connectivity index (χ2n) is 8.62. The standard InChI is InChI=1S/C24H27N3O4S/c28-24(22(18-6-2-1-3-7-18)26-14-16-32(29,30)17-15-26)27-12-10-19(11-13-27)23-25-20-8-4-5-9-21(20)31-23/h1-9,19,22H,10-17H2. The predicted molar refractivity (Wildman–Crippen MR) is 122 cm³/mol. The quantitative estimate of drug-likeness (QED) is 0.604. The van der Waals surface area contributed by atoms with E-state index in [2.05, 4.69) is 4.98 Å². The minimum absolute atomic E-state index is 0.0477. The molecule has 7 nitrogen and oxygen atoms in total. The molecule has 32 heavy (non-hydrogen) atoms. The Bertz CT molecular complexity index is 1150. The number of aromatic nitrogens is 1. The van der Waals surface area contributed by atoms with Crippen LogP contribution in [0.5, 0.6) is 0 Å². The van der Waals surface area contributed by atoms with Crippen molar-refractivity contribution in [1.82, 2.24) is 14.8 Å². The maximum absolute atomic E-state index is 13.6. The van der Waals surface area contributed by atoms with Crippen molar-refractivity contribution in [2.24, 2.45) is 0 Å². The molecule has 8 heteroatoms. The Balaban J connectivity index is 1.31. The van der Waals surface area contributed by atoms with Gasteiger partial charge in [-0.15, -0.1) is 0 Å². The zero-order valence-corrected chi connectivity index (χ0v) is 18.7. The maximum atomic E-state index is 13.6. The summed E-state index contributed by atoms with van der Waals surface area (Å²) >= 11 is 0. The molecule has 0 saturated carbocycles. The van der Waals surface area contributed by atoms with Gasteiger partial charge in [-0.05, 0) is 30.5 Å². The third-order valence-corrected chi connectivity index (χ3v) is 8.17. The highest BCUT2D eigenvalue weighted by Gasteiger charge is 2.36. The van der Waals surface area contributed by atoms with Gasteiger partial charge in [0.25, 0.3) is 0 Å². The third-order valence-electron chi connectivity index (χ3n) is 6.56. The second-order valence-corrected chi connectivity index (χ2v) is 10.9. The van der Waals surface area contributed by atoms with Gasteiger partial charge in [-0.1, -0.05) is 42.5 Å². The van der Waals surface area contributed by atoms with Gasteiger partial charge < -0.3 is 9.32 Å². The minimum Gasteiger partial charge on any atom is -0.440 e. The Morgan fingerprint density at radius 2 is 1.59 bits per heavy atom. The summed E-state index contributed by atoms with van der Waals surface area (Å²) in [4.78, 5) is 22.2. The van der Waals surface area contributed by atoms with Crippen LogP contribution < -0.4 is 0 Å². The highest BCUT2D eigenvalue weighted by atomic mass is 32.2. The fourth-order valence-corrected chi connectivity index (χ4v) is 5.94. The highest BCUT2D eigenvalue weighted by Crippen LogP contribution is 2.32. The Labute approximate surface area is 187 Å². The summed E-state index contributed by atoms with van der Waals surface area (Å²) in [7, 11) is -3.02. The van der Waals surface area contributed by atoms with Gasteiger partial charge in [0.15, 0.2) is 21.3 Å². The van der Waals surface area contributed by atoms with Crippen molar-refractivity contribution in [2.75, 3.05) is 37.7 Å². The lowest BCUT2D eigenvalue weighted by atomic mass is 9.95. The van der Waals surface area contributed by atoms with E-state index in [0.29, 0.717) is 26.2 Å². The van der Waals surface area contributed by atoms with Crippen LogP contribution in [0.25, 0.3) is 11.1 Å². The summed E-state index contributed by atoms with van der Waals surface area (Å²) < 4.78 is 29.8. The van der Waals surface area contributed by atoms with Crippen molar-refractivity contribution in [3.05, 3.63) is 66.1 Å². The fourth-order valence-electron chi connectivity index (χ4n) is 4.71. The summed E-state index contributed by atoms with van der Waals surface area (Å²) in [5.41, 5.74) is 2.58. The first-order chi connectivity index (χ1) is 15.5. The molecule has 0 radical (unpaired) electrons. The molecule has 5 rings (SSSR count). The number of carbonyl (C=O) groups is 1. The van der Waals surface area contributed by atoms with E-state index >= 15 is 0 Å². The first kappa shape index (κ1) is 21.2. The molecule has 1 unspecified atom stereocenters. The molecule has 3 heterocycles. The zero-order chi connectivity index (χ0) is 22.1. The molecule has 2 aromatic carbocycles. The fraction of sp³-hybridized carbons (Fsp3) is 0.417. The van der Waals surface area contributed by atoms with Crippen LogP contribution in [0.1, 0.15) is 36.3 Å². The Morgan fingerprint density at radius 1 is 0.938 bits per heavy atom. The molecular formula is C24H27N3O4S.